The van der Waals surface area contributed by atoms with Crippen LogP contribution in [0.5, 0.6) is 0 Å². The van der Waals surface area contributed by atoms with Gasteiger partial charge in [-0.05, 0) is 50.2 Å². The van der Waals surface area contributed by atoms with Crippen LogP contribution in [0.3, 0.4) is 0 Å². The van der Waals surface area contributed by atoms with Crippen molar-refractivity contribution < 1.29 is 4.79 Å². The van der Waals surface area contributed by atoms with Gasteiger partial charge in [0.15, 0.2) is 0 Å². The predicted octanol–water partition coefficient (Wildman–Crippen LogP) is 3.63. The van der Waals surface area contributed by atoms with Gasteiger partial charge in [0, 0.05) is 22.8 Å². The number of rotatable bonds is 1. The van der Waals surface area contributed by atoms with Gasteiger partial charge < -0.3 is 4.90 Å². The van der Waals surface area contributed by atoms with Crippen LogP contribution >= 0.6 is 27.3 Å². The Labute approximate surface area is 120 Å². The third kappa shape index (κ3) is 2.50. The summed E-state index contributed by atoms with van der Waals surface area (Å²) in [6.45, 7) is 1.80. The molecule has 0 radical (unpaired) electrons. The summed E-state index contributed by atoms with van der Waals surface area (Å²) < 4.78 is 0. The molecule has 0 atom stereocenters. The fourth-order valence-electron chi connectivity index (χ4n) is 2.80. The molecule has 1 amide bonds. The number of fused-ring (bicyclic) bond motifs is 1. The Morgan fingerprint density at radius 3 is 2.72 bits per heavy atom. The lowest BCUT2D eigenvalue weighted by molar-refractivity contribution is 0.0733. The summed E-state index contributed by atoms with van der Waals surface area (Å²) in [4.78, 5) is 17.5. The van der Waals surface area contributed by atoms with E-state index < -0.39 is 0 Å². The summed E-state index contributed by atoms with van der Waals surface area (Å²) in [6, 6.07) is 2.15. The topological polar surface area (TPSA) is 20.3 Å². The number of hydrogen-bond donors (Lipinski definition) is 0. The van der Waals surface area contributed by atoms with Crippen molar-refractivity contribution in [1.82, 2.24) is 4.90 Å². The standard InChI is InChI=1S/C14H18BrNOS/c15-11-5-7-16(8-6-11)14(17)13-9-10-3-1-2-4-12(10)18-13/h9,11H,1-8H2. The van der Waals surface area contributed by atoms with E-state index in [0.717, 1.165) is 30.8 Å². The molecular formula is C14H18BrNOS. The third-order valence-corrected chi connectivity index (χ3v) is 6.06. The van der Waals surface area contributed by atoms with E-state index >= 15 is 0 Å². The molecule has 0 saturated carbocycles. The molecule has 1 fully saturated rings. The number of halogens is 1. The Balaban J connectivity index is 1.74. The van der Waals surface area contributed by atoms with E-state index in [9.17, 15) is 4.79 Å². The first-order valence-electron chi connectivity index (χ1n) is 6.79. The summed E-state index contributed by atoms with van der Waals surface area (Å²) in [5.41, 5.74) is 1.44. The van der Waals surface area contributed by atoms with Crippen LogP contribution in [-0.2, 0) is 12.8 Å². The van der Waals surface area contributed by atoms with Crippen LogP contribution in [0.25, 0.3) is 0 Å². The van der Waals surface area contributed by atoms with Crippen molar-refractivity contribution in [3.05, 3.63) is 21.4 Å². The van der Waals surface area contributed by atoms with Crippen LogP contribution in [0.1, 0.15) is 45.8 Å². The van der Waals surface area contributed by atoms with Crippen molar-refractivity contribution >= 4 is 33.2 Å². The first kappa shape index (κ1) is 12.7. The molecule has 0 bridgehead atoms. The van der Waals surface area contributed by atoms with Gasteiger partial charge in [0.2, 0.25) is 0 Å². The molecule has 4 heteroatoms. The lowest BCUT2D eigenvalue weighted by Gasteiger charge is -2.29. The molecule has 0 unspecified atom stereocenters. The smallest absolute Gasteiger partial charge is 0.263 e. The van der Waals surface area contributed by atoms with Crippen molar-refractivity contribution in [3.63, 3.8) is 0 Å². The largest absolute Gasteiger partial charge is 0.338 e. The second-order valence-electron chi connectivity index (χ2n) is 5.23. The molecule has 2 heterocycles. The van der Waals surface area contributed by atoms with Gasteiger partial charge in [-0.25, -0.2) is 0 Å². The van der Waals surface area contributed by atoms with Gasteiger partial charge in [0.05, 0.1) is 4.88 Å². The lowest BCUT2D eigenvalue weighted by Crippen LogP contribution is -2.38. The van der Waals surface area contributed by atoms with Crippen molar-refractivity contribution in [2.24, 2.45) is 0 Å². The highest BCUT2D eigenvalue weighted by molar-refractivity contribution is 9.09. The maximum Gasteiger partial charge on any atom is 0.263 e. The van der Waals surface area contributed by atoms with E-state index in [0.29, 0.717) is 4.83 Å². The van der Waals surface area contributed by atoms with Gasteiger partial charge in [0.1, 0.15) is 0 Å². The molecule has 98 valence electrons. The van der Waals surface area contributed by atoms with Crippen molar-refractivity contribution in [2.75, 3.05) is 13.1 Å². The van der Waals surface area contributed by atoms with E-state index in [2.05, 4.69) is 22.0 Å². The zero-order valence-corrected chi connectivity index (χ0v) is 12.9. The van der Waals surface area contributed by atoms with Crippen molar-refractivity contribution in [3.8, 4) is 0 Å². The molecular weight excluding hydrogens is 310 g/mol. The van der Waals surface area contributed by atoms with Crippen LogP contribution in [0.4, 0.5) is 0 Å². The molecule has 0 N–H and O–H groups in total. The highest BCUT2D eigenvalue weighted by atomic mass is 79.9. The Kier molecular flexibility index (Phi) is 3.76. The number of carbonyl (C=O) groups is 1. The number of likely N-dealkylation sites (tertiary alicyclic amines) is 1. The zero-order valence-electron chi connectivity index (χ0n) is 10.5. The van der Waals surface area contributed by atoms with Crippen LogP contribution in [0.2, 0.25) is 0 Å². The first-order chi connectivity index (χ1) is 8.74. The number of thiophene rings is 1. The number of aryl methyl sites for hydroxylation is 2. The minimum Gasteiger partial charge on any atom is -0.338 e. The molecule has 1 aromatic rings. The number of carbonyl (C=O) groups excluding carboxylic acids is 1. The minimum atomic E-state index is 0.258. The number of hydrogen-bond acceptors (Lipinski definition) is 2. The normalized spacial score (nSPS) is 20.8. The van der Waals surface area contributed by atoms with Crippen LogP contribution in [-0.4, -0.2) is 28.7 Å². The van der Waals surface area contributed by atoms with Gasteiger partial charge in [-0.2, -0.15) is 0 Å². The fourth-order valence-corrected chi connectivity index (χ4v) is 4.43. The molecule has 3 rings (SSSR count). The van der Waals surface area contributed by atoms with Crippen molar-refractivity contribution in [2.45, 2.75) is 43.4 Å². The molecule has 0 spiro atoms. The van der Waals surface area contributed by atoms with Gasteiger partial charge in [-0.1, -0.05) is 15.9 Å². The summed E-state index contributed by atoms with van der Waals surface area (Å²) in [6.07, 6.45) is 7.08. The average Bonchev–Trinajstić information content (AvgIpc) is 2.82. The summed E-state index contributed by atoms with van der Waals surface area (Å²) in [5.74, 6) is 0.258. The van der Waals surface area contributed by atoms with Gasteiger partial charge >= 0.3 is 0 Å². The molecule has 2 aliphatic rings. The van der Waals surface area contributed by atoms with E-state index in [4.69, 9.17) is 0 Å². The Bertz CT molecular complexity index is 425. The molecule has 0 aromatic carbocycles. The van der Waals surface area contributed by atoms with E-state index in [-0.39, 0.29) is 5.91 Å². The first-order valence-corrected chi connectivity index (χ1v) is 8.52. The second-order valence-corrected chi connectivity index (χ2v) is 7.66. The molecule has 2 nitrogen and oxygen atoms in total. The summed E-state index contributed by atoms with van der Waals surface area (Å²) >= 11 is 5.37. The van der Waals surface area contributed by atoms with Gasteiger partial charge in [0.25, 0.3) is 5.91 Å². The van der Waals surface area contributed by atoms with E-state index in [1.807, 2.05) is 4.90 Å². The zero-order chi connectivity index (χ0) is 12.5. The fraction of sp³-hybridized carbons (Fsp3) is 0.643. The van der Waals surface area contributed by atoms with Crippen molar-refractivity contribution in [1.29, 1.82) is 0 Å². The van der Waals surface area contributed by atoms with Gasteiger partial charge in [-0.15, -0.1) is 11.3 Å². The molecule has 18 heavy (non-hydrogen) atoms. The second kappa shape index (κ2) is 5.33. The molecule has 1 aliphatic heterocycles. The number of alkyl halides is 1. The highest BCUT2D eigenvalue weighted by Crippen LogP contribution is 2.31. The van der Waals surface area contributed by atoms with Crippen LogP contribution in [0, 0.1) is 0 Å². The summed E-state index contributed by atoms with van der Waals surface area (Å²) in [5, 5.41) is 0. The Morgan fingerprint density at radius 1 is 1.28 bits per heavy atom. The third-order valence-electron chi connectivity index (χ3n) is 3.92. The Hall–Kier alpha value is -0.350. The highest BCUT2D eigenvalue weighted by Gasteiger charge is 2.24. The minimum absolute atomic E-state index is 0.258. The maximum absolute atomic E-state index is 12.4. The van der Waals surface area contributed by atoms with Crippen LogP contribution < -0.4 is 0 Å². The van der Waals surface area contributed by atoms with E-state index in [1.54, 1.807) is 11.3 Å². The summed E-state index contributed by atoms with van der Waals surface area (Å²) in [7, 11) is 0. The molecule has 1 saturated heterocycles. The van der Waals surface area contributed by atoms with Crippen LogP contribution in [0.15, 0.2) is 6.07 Å². The van der Waals surface area contributed by atoms with E-state index in [1.165, 1.54) is 36.1 Å². The average molecular weight is 328 g/mol. The quantitative estimate of drug-likeness (QED) is 0.721. The number of amides is 1. The Morgan fingerprint density at radius 2 is 2.00 bits per heavy atom. The number of piperidine rings is 1. The monoisotopic (exact) mass is 327 g/mol. The number of nitrogens with zero attached hydrogens (tertiary/aromatic N) is 1. The molecule has 1 aliphatic carbocycles. The lowest BCUT2D eigenvalue weighted by atomic mass is 9.99. The van der Waals surface area contributed by atoms with Gasteiger partial charge in [-0.3, -0.25) is 4.79 Å². The maximum atomic E-state index is 12.4. The SMILES string of the molecule is O=C(c1cc2c(s1)CCCC2)N1CCC(Br)CC1. The molecule has 1 aromatic heterocycles. The predicted molar refractivity (Wildman–Crippen MR) is 78.8 cm³/mol.